The van der Waals surface area contributed by atoms with Crippen molar-refractivity contribution in [3.8, 4) is 5.75 Å². The van der Waals surface area contributed by atoms with Crippen LogP contribution in [0.5, 0.6) is 5.75 Å². The number of rotatable bonds is 8. The summed E-state index contributed by atoms with van der Waals surface area (Å²) in [7, 11) is 0. The average Bonchev–Trinajstić information content (AvgIpc) is 3.15. The average molecular weight is 462 g/mol. The van der Waals surface area contributed by atoms with Gasteiger partial charge < -0.3 is 14.6 Å². The minimum atomic E-state index is -0.186. The summed E-state index contributed by atoms with van der Waals surface area (Å²) in [6.07, 6.45) is 0. The lowest BCUT2D eigenvalue weighted by molar-refractivity contribution is 0.0949. The zero-order chi connectivity index (χ0) is 23.4. The molecule has 1 N–H and O–H groups in total. The van der Waals surface area contributed by atoms with Crippen molar-refractivity contribution in [2.24, 2.45) is 0 Å². The van der Waals surface area contributed by atoms with E-state index in [0.29, 0.717) is 36.2 Å². The molecule has 0 aliphatic carbocycles. The lowest BCUT2D eigenvalue weighted by atomic mass is 10.0. The number of benzene rings is 3. The van der Waals surface area contributed by atoms with Gasteiger partial charge in [-0.15, -0.1) is 0 Å². The van der Waals surface area contributed by atoms with Crippen LogP contribution in [0.25, 0.3) is 11.0 Å². The number of aromatic nitrogens is 2. The third-order valence-corrected chi connectivity index (χ3v) is 5.83. The Kier molecular flexibility index (Phi) is 6.99. The van der Waals surface area contributed by atoms with E-state index in [1.807, 2.05) is 24.3 Å². The predicted molar refractivity (Wildman–Crippen MR) is 133 cm³/mol. The van der Waals surface area contributed by atoms with Crippen LogP contribution in [0.3, 0.4) is 0 Å². The number of hydrogen-bond donors (Lipinski definition) is 1. The van der Waals surface area contributed by atoms with Gasteiger partial charge in [0.1, 0.15) is 18.2 Å². The smallest absolute Gasteiger partial charge is 0.251 e. The van der Waals surface area contributed by atoms with E-state index in [0.717, 1.165) is 22.6 Å². The number of hydrogen-bond acceptors (Lipinski definition) is 3. The van der Waals surface area contributed by atoms with Crippen LogP contribution < -0.4 is 10.1 Å². The quantitative estimate of drug-likeness (QED) is 0.343. The van der Waals surface area contributed by atoms with Gasteiger partial charge in [-0.2, -0.15) is 0 Å². The fraction of sp³-hybridized carbons (Fsp3) is 0.259. The fourth-order valence-electron chi connectivity index (χ4n) is 3.89. The Hall–Kier alpha value is -3.31. The summed E-state index contributed by atoms with van der Waals surface area (Å²) in [6.45, 7) is 7.83. The molecule has 170 valence electrons. The molecule has 0 aliphatic heterocycles. The van der Waals surface area contributed by atoms with E-state index < -0.39 is 0 Å². The first-order valence-electron chi connectivity index (χ1n) is 11.1. The van der Waals surface area contributed by atoms with E-state index in [2.05, 4.69) is 48.9 Å². The van der Waals surface area contributed by atoms with Crippen LogP contribution in [0.2, 0.25) is 5.02 Å². The van der Waals surface area contributed by atoms with Crippen LogP contribution in [0.4, 0.5) is 0 Å². The summed E-state index contributed by atoms with van der Waals surface area (Å²) in [4.78, 5) is 17.3. The van der Waals surface area contributed by atoms with Gasteiger partial charge in [0.2, 0.25) is 0 Å². The van der Waals surface area contributed by atoms with Crippen LogP contribution in [0, 0.1) is 6.92 Å². The highest BCUT2D eigenvalue weighted by atomic mass is 35.5. The third kappa shape index (κ3) is 5.37. The summed E-state index contributed by atoms with van der Waals surface area (Å²) in [5, 5.41) is 3.49. The van der Waals surface area contributed by atoms with Gasteiger partial charge in [-0.25, -0.2) is 4.98 Å². The Morgan fingerprint density at radius 1 is 1.09 bits per heavy atom. The second kappa shape index (κ2) is 10.1. The summed E-state index contributed by atoms with van der Waals surface area (Å²) >= 11 is 6.02. The molecule has 0 radical (unpaired) electrons. The van der Waals surface area contributed by atoms with Gasteiger partial charge in [0.25, 0.3) is 5.91 Å². The molecule has 0 fully saturated rings. The standard InChI is InChI=1S/C27H28ClN3O2/c1-18(2)22-12-11-19(3)15-25(22)33-14-13-31-24-10-5-4-9-23(24)30-26(31)17-29-27(32)20-7-6-8-21(28)16-20/h4-12,15-16,18H,13-14,17H2,1-3H3,(H,29,32). The first-order chi connectivity index (χ1) is 15.9. The Morgan fingerprint density at radius 3 is 2.70 bits per heavy atom. The first-order valence-corrected chi connectivity index (χ1v) is 11.5. The lowest BCUT2D eigenvalue weighted by Gasteiger charge is -2.16. The molecule has 0 saturated carbocycles. The van der Waals surface area contributed by atoms with Crippen molar-refractivity contribution >= 4 is 28.5 Å². The Bertz CT molecular complexity index is 1280. The molecule has 0 bridgehead atoms. The minimum Gasteiger partial charge on any atom is -0.491 e. The highest BCUT2D eigenvalue weighted by molar-refractivity contribution is 6.30. The molecule has 0 spiro atoms. The maximum Gasteiger partial charge on any atom is 0.251 e. The highest BCUT2D eigenvalue weighted by Crippen LogP contribution is 2.27. The molecule has 4 rings (SSSR count). The number of carbonyl (C=O) groups excluding carboxylic acids is 1. The van der Waals surface area contributed by atoms with Crippen molar-refractivity contribution < 1.29 is 9.53 Å². The first kappa shape index (κ1) is 22.9. The summed E-state index contributed by atoms with van der Waals surface area (Å²) in [5.41, 5.74) is 4.80. The third-order valence-electron chi connectivity index (χ3n) is 5.59. The number of para-hydroxylation sites is 2. The number of fused-ring (bicyclic) bond motifs is 1. The molecule has 1 heterocycles. The number of nitrogens with zero attached hydrogens (tertiary/aromatic N) is 2. The largest absolute Gasteiger partial charge is 0.491 e. The molecule has 4 aromatic rings. The van der Waals surface area contributed by atoms with E-state index in [9.17, 15) is 4.79 Å². The van der Waals surface area contributed by atoms with Gasteiger partial charge in [0.15, 0.2) is 0 Å². The van der Waals surface area contributed by atoms with E-state index in [-0.39, 0.29) is 5.91 Å². The van der Waals surface area contributed by atoms with Crippen LogP contribution in [-0.4, -0.2) is 22.1 Å². The SMILES string of the molecule is Cc1ccc(C(C)C)c(OCCn2c(CNC(=O)c3cccc(Cl)c3)nc3ccccc32)c1. The molecule has 1 aromatic heterocycles. The van der Waals surface area contributed by atoms with Crippen molar-refractivity contribution in [3.63, 3.8) is 0 Å². The number of nitrogens with one attached hydrogen (secondary N) is 1. The molecule has 0 atom stereocenters. The van der Waals surface area contributed by atoms with Gasteiger partial charge in [0, 0.05) is 10.6 Å². The Morgan fingerprint density at radius 2 is 1.91 bits per heavy atom. The lowest BCUT2D eigenvalue weighted by Crippen LogP contribution is -2.25. The molecule has 33 heavy (non-hydrogen) atoms. The van der Waals surface area contributed by atoms with E-state index in [4.69, 9.17) is 21.3 Å². The molecule has 3 aromatic carbocycles. The molecule has 0 unspecified atom stereocenters. The van der Waals surface area contributed by atoms with E-state index in [1.54, 1.807) is 24.3 Å². The number of ether oxygens (including phenoxy) is 1. The molecule has 6 heteroatoms. The van der Waals surface area contributed by atoms with Crippen LogP contribution in [0.1, 0.15) is 47.1 Å². The molecular weight excluding hydrogens is 434 g/mol. The monoisotopic (exact) mass is 461 g/mol. The number of aryl methyl sites for hydroxylation is 1. The van der Waals surface area contributed by atoms with E-state index >= 15 is 0 Å². The van der Waals surface area contributed by atoms with Crippen molar-refractivity contribution in [2.45, 2.75) is 39.8 Å². The normalized spacial score (nSPS) is 11.2. The van der Waals surface area contributed by atoms with Gasteiger partial charge in [-0.05, 0) is 60.4 Å². The Labute approximate surface area is 199 Å². The molecule has 0 saturated heterocycles. The molecule has 5 nitrogen and oxygen atoms in total. The van der Waals surface area contributed by atoms with Gasteiger partial charge >= 0.3 is 0 Å². The maximum atomic E-state index is 12.6. The van der Waals surface area contributed by atoms with Gasteiger partial charge in [0.05, 0.1) is 24.1 Å². The number of halogens is 1. The predicted octanol–water partition coefficient (Wildman–Crippen LogP) is 6.13. The number of carbonyl (C=O) groups is 1. The van der Waals surface area contributed by atoms with Crippen molar-refractivity contribution in [3.05, 3.63) is 94.3 Å². The second-order valence-electron chi connectivity index (χ2n) is 8.41. The van der Waals surface area contributed by atoms with E-state index in [1.165, 1.54) is 11.1 Å². The summed E-state index contributed by atoms with van der Waals surface area (Å²) < 4.78 is 8.32. The molecular formula is C27H28ClN3O2. The molecule has 0 aliphatic rings. The number of imidazole rings is 1. The minimum absolute atomic E-state index is 0.186. The topological polar surface area (TPSA) is 56.1 Å². The fourth-order valence-corrected chi connectivity index (χ4v) is 4.08. The zero-order valence-electron chi connectivity index (χ0n) is 19.1. The maximum absolute atomic E-state index is 12.6. The zero-order valence-corrected chi connectivity index (χ0v) is 19.9. The van der Waals surface area contributed by atoms with Crippen molar-refractivity contribution in [2.75, 3.05) is 6.61 Å². The van der Waals surface area contributed by atoms with Crippen LogP contribution in [-0.2, 0) is 13.1 Å². The highest BCUT2D eigenvalue weighted by Gasteiger charge is 2.14. The van der Waals surface area contributed by atoms with Crippen molar-refractivity contribution in [1.29, 1.82) is 0 Å². The second-order valence-corrected chi connectivity index (χ2v) is 8.84. The van der Waals surface area contributed by atoms with Gasteiger partial charge in [-0.1, -0.05) is 55.8 Å². The van der Waals surface area contributed by atoms with Crippen LogP contribution >= 0.6 is 11.6 Å². The summed E-state index contributed by atoms with van der Waals surface area (Å²) in [6, 6.07) is 21.2. The number of amides is 1. The van der Waals surface area contributed by atoms with Crippen molar-refractivity contribution in [1.82, 2.24) is 14.9 Å². The summed E-state index contributed by atoms with van der Waals surface area (Å²) in [5.74, 6) is 1.90. The molecule has 1 amide bonds. The van der Waals surface area contributed by atoms with Crippen LogP contribution in [0.15, 0.2) is 66.7 Å². The Balaban J connectivity index is 1.51. The van der Waals surface area contributed by atoms with Gasteiger partial charge in [-0.3, -0.25) is 4.79 Å².